The minimum Gasteiger partial charge on any atom is -0.361 e. The molecule has 0 spiro atoms. The minimum absolute atomic E-state index is 0.00223. The maximum Gasteiger partial charge on any atom is 0.247 e. The molecule has 0 radical (unpaired) electrons. The van der Waals surface area contributed by atoms with Crippen LogP contribution in [0, 0.1) is 0 Å². The summed E-state index contributed by atoms with van der Waals surface area (Å²) < 4.78 is 0. The van der Waals surface area contributed by atoms with Gasteiger partial charge >= 0.3 is 0 Å². The smallest absolute Gasteiger partial charge is 0.247 e. The van der Waals surface area contributed by atoms with E-state index in [0.29, 0.717) is 19.4 Å². The standard InChI is InChI=1S/C27H25N3O2/c31-26(16-19-6-2-1-3-7-19)30-15-5-10-25(30)27(32)29-23-9-4-8-20(18-23)21-11-12-24-22(17-21)13-14-28-24/h1-4,6-9,11-14,17-18,25,28H,5,10,15-16H2,(H,29,32). The normalized spacial score (nSPS) is 15.8. The number of amides is 2. The van der Waals surface area contributed by atoms with Gasteiger partial charge in [-0.3, -0.25) is 9.59 Å². The molecule has 5 nitrogen and oxygen atoms in total. The Bertz CT molecular complexity index is 1260. The molecule has 1 atom stereocenters. The number of fused-ring (bicyclic) bond motifs is 1. The summed E-state index contributed by atoms with van der Waals surface area (Å²) in [4.78, 5) is 30.8. The predicted octanol–water partition coefficient (Wildman–Crippen LogP) is 5.01. The maximum absolute atomic E-state index is 13.1. The number of aromatic amines is 1. The Kier molecular flexibility index (Phi) is 5.46. The van der Waals surface area contributed by atoms with Gasteiger partial charge in [0.15, 0.2) is 0 Å². The van der Waals surface area contributed by atoms with Gasteiger partial charge in [0, 0.05) is 23.9 Å². The highest BCUT2D eigenvalue weighted by Crippen LogP contribution is 2.27. The van der Waals surface area contributed by atoms with E-state index in [9.17, 15) is 9.59 Å². The third kappa shape index (κ3) is 4.14. The van der Waals surface area contributed by atoms with Gasteiger partial charge in [-0.05, 0) is 65.3 Å². The zero-order chi connectivity index (χ0) is 21.9. The molecule has 4 aromatic rings. The second-order valence-corrected chi connectivity index (χ2v) is 8.26. The molecule has 1 fully saturated rings. The van der Waals surface area contributed by atoms with Crippen LogP contribution in [0.1, 0.15) is 18.4 Å². The van der Waals surface area contributed by atoms with E-state index in [2.05, 4.69) is 28.5 Å². The first kappa shape index (κ1) is 20.1. The van der Waals surface area contributed by atoms with Gasteiger partial charge in [0.05, 0.1) is 6.42 Å². The van der Waals surface area contributed by atoms with E-state index < -0.39 is 6.04 Å². The van der Waals surface area contributed by atoms with E-state index in [-0.39, 0.29) is 11.8 Å². The topological polar surface area (TPSA) is 65.2 Å². The average molecular weight is 424 g/mol. The molecule has 1 aliphatic heterocycles. The van der Waals surface area contributed by atoms with Gasteiger partial charge in [-0.15, -0.1) is 0 Å². The Morgan fingerprint density at radius 1 is 0.938 bits per heavy atom. The highest BCUT2D eigenvalue weighted by molar-refractivity contribution is 5.98. The van der Waals surface area contributed by atoms with Crippen molar-refractivity contribution in [2.24, 2.45) is 0 Å². The molecule has 2 amide bonds. The van der Waals surface area contributed by atoms with E-state index in [1.807, 2.05) is 66.9 Å². The molecule has 160 valence electrons. The first-order chi connectivity index (χ1) is 15.7. The van der Waals surface area contributed by atoms with Crippen molar-refractivity contribution in [2.75, 3.05) is 11.9 Å². The van der Waals surface area contributed by atoms with E-state index in [4.69, 9.17) is 0 Å². The monoisotopic (exact) mass is 423 g/mol. The Morgan fingerprint density at radius 3 is 2.66 bits per heavy atom. The van der Waals surface area contributed by atoms with E-state index in [0.717, 1.165) is 39.7 Å². The lowest BCUT2D eigenvalue weighted by Crippen LogP contribution is -2.43. The molecule has 1 unspecified atom stereocenters. The van der Waals surface area contributed by atoms with Gasteiger partial charge in [0.1, 0.15) is 6.04 Å². The molecule has 1 saturated heterocycles. The summed E-state index contributed by atoms with van der Waals surface area (Å²) in [7, 11) is 0. The van der Waals surface area contributed by atoms with Gasteiger partial charge in [-0.1, -0.05) is 48.5 Å². The number of rotatable bonds is 5. The molecule has 3 aromatic carbocycles. The van der Waals surface area contributed by atoms with Gasteiger partial charge < -0.3 is 15.2 Å². The van der Waals surface area contributed by atoms with Crippen LogP contribution >= 0.6 is 0 Å². The van der Waals surface area contributed by atoms with E-state index in [1.165, 1.54) is 0 Å². The highest BCUT2D eigenvalue weighted by Gasteiger charge is 2.33. The molecule has 5 rings (SSSR count). The van der Waals surface area contributed by atoms with Crippen molar-refractivity contribution in [3.63, 3.8) is 0 Å². The molecule has 0 aliphatic carbocycles. The van der Waals surface area contributed by atoms with Crippen LogP contribution in [0.5, 0.6) is 0 Å². The van der Waals surface area contributed by atoms with E-state index in [1.54, 1.807) is 4.90 Å². The molecular weight excluding hydrogens is 398 g/mol. The van der Waals surface area contributed by atoms with Crippen molar-refractivity contribution in [3.8, 4) is 11.1 Å². The van der Waals surface area contributed by atoms with Gasteiger partial charge in [0.2, 0.25) is 11.8 Å². The molecule has 2 heterocycles. The van der Waals surface area contributed by atoms with Gasteiger partial charge in [0.25, 0.3) is 0 Å². The van der Waals surface area contributed by atoms with Crippen molar-refractivity contribution < 1.29 is 9.59 Å². The molecule has 2 N–H and O–H groups in total. The van der Waals surface area contributed by atoms with Gasteiger partial charge in [-0.2, -0.15) is 0 Å². The molecular formula is C27H25N3O2. The van der Waals surface area contributed by atoms with Crippen LogP contribution in [0.2, 0.25) is 0 Å². The fraction of sp³-hybridized carbons (Fsp3) is 0.185. The fourth-order valence-electron chi connectivity index (χ4n) is 4.44. The number of nitrogens with one attached hydrogen (secondary N) is 2. The van der Waals surface area contributed by atoms with Crippen molar-refractivity contribution in [3.05, 3.63) is 90.6 Å². The van der Waals surface area contributed by atoms with Crippen LogP contribution in [0.25, 0.3) is 22.0 Å². The number of likely N-dealkylation sites (tertiary alicyclic amines) is 1. The summed E-state index contributed by atoms with van der Waals surface area (Å²) >= 11 is 0. The quantitative estimate of drug-likeness (QED) is 0.474. The van der Waals surface area contributed by atoms with Crippen molar-refractivity contribution >= 4 is 28.4 Å². The summed E-state index contributed by atoms with van der Waals surface area (Å²) in [5.74, 6) is -0.121. The van der Waals surface area contributed by atoms with E-state index >= 15 is 0 Å². The highest BCUT2D eigenvalue weighted by atomic mass is 16.2. The number of carbonyl (C=O) groups excluding carboxylic acids is 2. The summed E-state index contributed by atoms with van der Waals surface area (Å²) in [5, 5.41) is 4.18. The molecule has 5 heteroatoms. The first-order valence-electron chi connectivity index (χ1n) is 11.0. The second kappa shape index (κ2) is 8.71. The zero-order valence-electron chi connectivity index (χ0n) is 17.8. The zero-order valence-corrected chi connectivity index (χ0v) is 17.8. The lowest BCUT2D eigenvalue weighted by atomic mass is 10.0. The average Bonchev–Trinajstić information content (AvgIpc) is 3.49. The predicted molar refractivity (Wildman–Crippen MR) is 127 cm³/mol. The molecule has 0 saturated carbocycles. The number of anilines is 1. The van der Waals surface area contributed by atoms with Crippen molar-refractivity contribution in [1.82, 2.24) is 9.88 Å². The molecule has 32 heavy (non-hydrogen) atoms. The Balaban J connectivity index is 1.30. The lowest BCUT2D eigenvalue weighted by molar-refractivity contribution is -0.136. The number of aromatic nitrogens is 1. The number of carbonyl (C=O) groups is 2. The van der Waals surface area contributed by atoms with Crippen LogP contribution in [0.15, 0.2) is 85.1 Å². The first-order valence-corrected chi connectivity index (χ1v) is 11.0. The number of nitrogens with zero attached hydrogens (tertiary/aromatic N) is 1. The Hall–Kier alpha value is -3.86. The number of H-pyrrole nitrogens is 1. The summed E-state index contributed by atoms with van der Waals surface area (Å²) in [6.45, 7) is 0.625. The van der Waals surface area contributed by atoms with Gasteiger partial charge in [-0.25, -0.2) is 0 Å². The second-order valence-electron chi connectivity index (χ2n) is 8.26. The molecule has 1 aliphatic rings. The SMILES string of the molecule is O=C(Nc1cccc(-c2ccc3[nH]ccc3c2)c1)C1CCCN1C(=O)Cc1ccccc1. The maximum atomic E-state index is 13.1. The Labute approximate surface area is 187 Å². The summed E-state index contributed by atoms with van der Waals surface area (Å²) in [6.07, 6.45) is 3.78. The number of benzene rings is 3. The molecule has 0 bridgehead atoms. The van der Waals surface area contributed by atoms with Crippen LogP contribution < -0.4 is 5.32 Å². The van der Waals surface area contributed by atoms with Crippen LogP contribution in [0.4, 0.5) is 5.69 Å². The number of hydrogen-bond acceptors (Lipinski definition) is 2. The van der Waals surface area contributed by atoms with Crippen LogP contribution in [-0.4, -0.2) is 34.3 Å². The number of hydrogen-bond donors (Lipinski definition) is 2. The van der Waals surface area contributed by atoms with Crippen LogP contribution in [0.3, 0.4) is 0 Å². The van der Waals surface area contributed by atoms with Crippen LogP contribution in [-0.2, 0) is 16.0 Å². The Morgan fingerprint density at radius 2 is 1.78 bits per heavy atom. The largest absolute Gasteiger partial charge is 0.361 e. The fourth-order valence-corrected chi connectivity index (χ4v) is 4.44. The lowest BCUT2D eigenvalue weighted by Gasteiger charge is -2.24. The minimum atomic E-state index is -0.425. The summed E-state index contributed by atoms with van der Waals surface area (Å²) in [6, 6.07) is 25.4. The van der Waals surface area contributed by atoms with Crippen molar-refractivity contribution in [1.29, 1.82) is 0 Å². The third-order valence-electron chi connectivity index (χ3n) is 6.09. The summed E-state index contributed by atoms with van der Waals surface area (Å²) in [5.41, 5.74) is 4.93. The third-order valence-corrected chi connectivity index (χ3v) is 6.09. The molecule has 1 aromatic heterocycles. The van der Waals surface area contributed by atoms with Crippen molar-refractivity contribution in [2.45, 2.75) is 25.3 Å².